The second kappa shape index (κ2) is 13.9. The molecule has 1 aromatic heterocycles. The minimum absolute atomic E-state index is 0.0433. The van der Waals surface area contributed by atoms with Gasteiger partial charge in [-0.1, -0.05) is 12.1 Å². The number of hydrogen-bond acceptors (Lipinski definition) is 11. The Hall–Kier alpha value is -3.74. The van der Waals surface area contributed by atoms with Crippen LogP contribution in [0.25, 0.3) is 0 Å². The van der Waals surface area contributed by atoms with Gasteiger partial charge in [0.25, 0.3) is 0 Å². The number of carbonyl (C=O) groups excluding carboxylic acids is 3. The zero-order valence-electron chi connectivity index (χ0n) is 26.5. The highest BCUT2D eigenvalue weighted by Crippen LogP contribution is 2.31. The van der Waals surface area contributed by atoms with Gasteiger partial charge >= 0.3 is 18.3 Å². The predicted molar refractivity (Wildman–Crippen MR) is 165 cm³/mol. The topological polar surface area (TPSA) is 129 Å². The van der Waals surface area contributed by atoms with Crippen LogP contribution in [0.4, 0.5) is 19.5 Å². The summed E-state index contributed by atoms with van der Waals surface area (Å²) in [6.07, 6.45) is -1.17. The number of nitrogens with zero attached hydrogens (tertiary/aromatic N) is 3. The van der Waals surface area contributed by atoms with Gasteiger partial charge in [-0.05, 0) is 78.0 Å². The van der Waals surface area contributed by atoms with Crippen molar-refractivity contribution in [3.05, 3.63) is 41.4 Å². The molecule has 3 heterocycles. The number of hydrogen-bond donors (Lipinski definition) is 1. The monoisotopic (exact) mass is 632 g/mol. The van der Waals surface area contributed by atoms with Gasteiger partial charge in [0.15, 0.2) is 17.3 Å². The largest absolute Gasteiger partial charge is 0.509 e. The average Bonchev–Trinajstić information content (AvgIpc) is 3.68. The van der Waals surface area contributed by atoms with E-state index in [0.29, 0.717) is 18.7 Å². The van der Waals surface area contributed by atoms with E-state index in [9.17, 15) is 14.4 Å². The molecule has 4 atom stereocenters. The highest BCUT2D eigenvalue weighted by molar-refractivity contribution is 7.13. The Morgan fingerprint density at radius 1 is 1.00 bits per heavy atom. The third kappa shape index (κ3) is 9.38. The molecule has 2 saturated heterocycles. The molecule has 1 aromatic carbocycles. The number of nitrogens with one attached hydrogen (secondary N) is 1. The van der Waals surface area contributed by atoms with E-state index in [0.717, 1.165) is 30.2 Å². The first kappa shape index (κ1) is 33.2. The lowest BCUT2D eigenvalue weighted by molar-refractivity contribution is -0.0518. The number of likely N-dealkylation sites (tertiary alicyclic amines) is 1. The van der Waals surface area contributed by atoms with Crippen LogP contribution in [0, 0.1) is 5.92 Å². The zero-order chi connectivity index (χ0) is 32.1. The van der Waals surface area contributed by atoms with Gasteiger partial charge in [0.2, 0.25) is 0 Å². The van der Waals surface area contributed by atoms with Gasteiger partial charge in [0.05, 0.1) is 19.7 Å². The molecule has 0 radical (unpaired) electrons. The SMILES string of the molecule is COc1ccc(C[C@@H]2[C@H](OC(=O)NC[C@H]3CCN(c4nccs4)C3)[C@@H](OC(=O)OC(C)(C)C)CN2C(=O)OC(C)(C)C)cc1. The Bertz CT molecular complexity index is 1260. The van der Waals surface area contributed by atoms with Gasteiger partial charge in [-0.2, -0.15) is 0 Å². The lowest BCUT2D eigenvalue weighted by Crippen LogP contribution is -2.46. The third-order valence-corrected chi connectivity index (χ3v) is 7.98. The molecule has 242 valence electrons. The Morgan fingerprint density at radius 2 is 1.70 bits per heavy atom. The molecular formula is C31H44N4O8S. The van der Waals surface area contributed by atoms with Crippen LogP contribution >= 0.6 is 11.3 Å². The molecule has 4 rings (SSSR count). The van der Waals surface area contributed by atoms with Gasteiger partial charge in [0.1, 0.15) is 17.0 Å². The van der Waals surface area contributed by atoms with Crippen LogP contribution in [-0.4, -0.2) is 91.0 Å². The summed E-state index contributed by atoms with van der Waals surface area (Å²) in [5, 5.41) is 5.79. The van der Waals surface area contributed by atoms with Gasteiger partial charge in [-0.15, -0.1) is 11.3 Å². The molecule has 0 aliphatic carbocycles. The van der Waals surface area contributed by atoms with Gasteiger partial charge in [-0.25, -0.2) is 19.4 Å². The molecule has 0 saturated carbocycles. The standard InChI is InChI=1S/C31H44N4O8S/c1-30(2,3)42-28(37)35-19-24(40-29(38)43-31(4,5)6)25(23(35)16-20-8-10-22(39-7)11-9-20)41-27(36)33-17-21-12-14-34(18-21)26-32-13-15-44-26/h8-11,13,15,21,23-25H,12,14,16-19H2,1-7H3,(H,33,36)/t21-,23-,24+,25+/m1/s1. The van der Waals surface area contributed by atoms with Crippen molar-refractivity contribution in [1.82, 2.24) is 15.2 Å². The van der Waals surface area contributed by atoms with E-state index >= 15 is 0 Å². The minimum atomic E-state index is -0.993. The minimum Gasteiger partial charge on any atom is -0.497 e. The zero-order valence-corrected chi connectivity index (χ0v) is 27.3. The van der Waals surface area contributed by atoms with Crippen molar-refractivity contribution < 1.29 is 38.1 Å². The maximum absolute atomic E-state index is 13.4. The van der Waals surface area contributed by atoms with E-state index in [1.807, 2.05) is 29.6 Å². The van der Waals surface area contributed by atoms with Gasteiger partial charge < -0.3 is 33.9 Å². The van der Waals surface area contributed by atoms with Crippen LogP contribution in [0.1, 0.15) is 53.5 Å². The maximum atomic E-state index is 13.4. The van der Waals surface area contributed by atoms with Crippen LogP contribution in [0.3, 0.4) is 0 Å². The number of aromatic nitrogens is 1. The Labute approximate surface area is 262 Å². The molecule has 13 heteroatoms. The summed E-state index contributed by atoms with van der Waals surface area (Å²) in [5.41, 5.74) is -0.706. The van der Waals surface area contributed by atoms with Crippen molar-refractivity contribution in [3.8, 4) is 5.75 Å². The van der Waals surface area contributed by atoms with E-state index in [-0.39, 0.29) is 12.5 Å². The van der Waals surface area contributed by atoms with Crippen LogP contribution in [0.15, 0.2) is 35.8 Å². The molecule has 0 bridgehead atoms. The number of anilines is 1. The van der Waals surface area contributed by atoms with Gasteiger partial charge in [0, 0.05) is 31.2 Å². The quantitative estimate of drug-likeness (QED) is 0.304. The summed E-state index contributed by atoms with van der Waals surface area (Å²) in [6.45, 7) is 12.5. The number of carbonyl (C=O) groups is 3. The van der Waals surface area contributed by atoms with E-state index in [1.165, 1.54) is 4.90 Å². The number of benzene rings is 1. The second-order valence-corrected chi connectivity index (χ2v) is 13.9. The highest BCUT2D eigenvalue weighted by atomic mass is 32.1. The molecule has 2 aromatic rings. The van der Waals surface area contributed by atoms with Gasteiger partial charge in [-0.3, -0.25) is 4.90 Å². The van der Waals surface area contributed by atoms with Crippen molar-refractivity contribution in [3.63, 3.8) is 0 Å². The Morgan fingerprint density at radius 3 is 2.32 bits per heavy atom. The summed E-state index contributed by atoms with van der Waals surface area (Å²) >= 11 is 1.59. The maximum Gasteiger partial charge on any atom is 0.509 e. The summed E-state index contributed by atoms with van der Waals surface area (Å²) in [4.78, 5) is 47.5. The van der Waals surface area contributed by atoms with E-state index in [4.69, 9.17) is 23.7 Å². The van der Waals surface area contributed by atoms with Crippen LogP contribution in [-0.2, 0) is 25.4 Å². The predicted octanol–water partition coefficient (Wildman–Crippen LogP) is 5.26. The molecule has 2 amide bonds. The number of ether oxygens (including phenoxy) is 5. The molecule has 0 unspecified atom stereocenters. The fourth-order valence-electron chi connectivity index (χ4n) is 5.21. The molecule has 44 heavy (non-hydrogen) atoms. The first-order valence-corrected chi connectivity index (χ1v) is 15.7. The fraction of sp³-hybridized carbons (Fsp3) is 0.613. The fourth-order valence-corrected chi connectivity index (χ4v) is 5.89. The number of amides is 2. The van der Waals surface area contributed by atoms with Crippen molar-refractivity contribution in [2.75, 3.05) is 38.2 Å². The van der Waals surface area contributed by atoms with E-state index < -0.39 is 47.8 Å². The van der Waals surface area contributed by atoms with Crippen LogP contribution < -0.4 is 15.0 Å². The van der Waals surface area contributed by atoms with E-state index in [2.05, 4.69) is 15.2 Å². The van der Waals surface area contributed by atoms with Crippen molar-refractivity contribution >= 4 is 34.8 Å². The number of rotatable bonds is 8. The summed E-state index contributed by atoms with van der Waals surface area (Å²) in [7, 11) is 1.58. The molecule has 2 fully saturated rings. The molecular weight excluding hydrogens is 588 g/mol. The number of thiazole rings is 1. The molecule has 2 aliphatic rings. The lowest BCUT2D eigenvalue weighted by Gasteiger charge is -2.30. The van der Waals surface area contributed by atoms with Crippen LogP contribution in [0.2, 0.25) is 0 Å². The Kier molecular flexibility index (Phi) is 10.5. The van der Waals surface area contributed by atoms with Crippen LogP contribution in [0.5, 0.6) is 5.75 Å². The number of alkyl carbamates (subject to hydrolysis) is 1. The van der Waals surface area contributed by atoms with E-state index in [1.54, 1.807) is 66.2 Å². The smallest absolute Gasteiger partial charge is 0.497 e. The molecule has 2 aliphatic heterocycles. The lowest BCUT2D eigenvalue weighted by atomic mass is 10.0. The molecule has 0 spiro atoms. The normalized spacial score (nSPS) is 22.0. The first-order chi connectivity index (χ1) is 20.7. The average molecular weight is 633 g/mol. The Balaban J connectivity index is 1.52. The summed E-state index contributed by atoms with van der Waals surface area (Å²) in [6, 6.07) is 6.69. The summed E-state index contributed by atoms with van der Waals surface area (Å²) < 4.78 is 28.0. The number of methoxy groups -OCH3 is 1. The van der Waals surface area contributed by atoms with Crippen molar-refractivity contribution in [2.45, 2.75) is 83.8 Å². The molecule has 1 N–H and O–H groups in total. The first-order valence-electron chi connectivity index (χ1n) is 14.8. The third-order valence-electron chi connectivity index (χ3n) is 7.15. The van der Waals surface area contributed by atoms with Crippen molar-refractivity contribution in [2.24, 2.45) is 5.92 Å². The van der Waals surface area contributed by atoms with Crippen molar-refractivity contribution in [1.29, 1.82) is 0 Å². The second-order valence-electron chi connectivity index (χ2n) is 13.0. The summed E-state index contributed by atoms with van der Waals surface area (Å²) in [5.74, 6) is 0.903. The highest BCUT2D eigenvalue weighted by Gasteiger charge is 2.50. The molecule has 12 nitrogen and oxygen atoms in total.